The van der Waals surface area contributed by atoms with Crippen molar-refractivity contribution in [2.24, 2.45) is 0 Å². The minimum absolute atomic E-state index is 0.000314. The molecule has 0 fully saturated rings. The lowest BCUT2D eigenvalue weighted by molar-refractivity contribution is -0.142. The number of esters is 1. The Bertz CT molecular complexity index is 1070. The van der Waals surface area contributed by atoms with Gasteiger partial charge in [0.1, 0.15) is 25.0 Å². The quantitative estimate of drug-likeness (QED) is 0.393. The van der Waals surface area contributed by atoms with Gasteiger partial charge in [0.2, 0.25) is 0 Å². The fourth-order valence-corrected chi connectivity index (χ4v) is 2.92. The van der Waals surface area contributed by atoms with E-state index in [0.717, 1.165) is 11.1 Å². The van der Waals surface area contributed by atoms with E-state index in [4.69, 9.17) is 14.2 Å². The second-order valence-corrected chi connectivity index (χ2v) is 7.08. The Morgan fingerprint density at radius 2 is 1.33 bits per heavy atom. The number of carbonyl (C=O) groups excluding carboxylic acids is 3. The van der Waals surface area contributed by atoms with Crippen LogP contribution in [-0.2, 0) is 38.6 Å². The van der Waals surface area contributed by atoms with E-state index in [2.05, 4.69) is 5.32 Å². The lowest BCUT2D eigenvalue weighted by Crippen LogP contribution is -2.44. The minimum Gasteiger partial charge on any atom is -0.508 e. The molecule has 1 amide bonds. The molecule has 1 atom stereocenters. The lowest BCUT2D eigenvalue weighted by atomic mass is 10.1. The van der Waals surface area contributed by atoms with Gasteiger partial charge in [-0.25, -0.2) is 14.4 Å². The SMILES string of the molecule is O=C(N[C@@H](Cc1cccc(O)c1)C(=O)OC(=O)OCc1ccccc1)OCc1ccccc1. The van der Waals surface area contributed by atoms with Gasteiger partial charge in [0.05, 0.1) is 0 Å². The number of hydrogen-bond acceptors (Lipinski definition) is 7. The topological polar surface area (TPSA) is 111 Å². The average molecular weight is 449 g/mol. The van der Waals surface area contributed by atoms with Gasteiger partial charge in [-0.15, -0.1) is 0 Å². The van der Waals surface area contributed by atoms with E-state index in [9.17, 15) is 19.5 Å². The second-order valence-electron chi connectivity index (χ2n) is 7.08. The molecule has 170 valence electrons. The van der Waals surface area contributed by atoms with Crippen LogP contribution in [0.4, 0.5) is 9.59 Å². The molecule has 0 saturated heterocycles. The van der Waals surface area contributed by atoms with Crippen LogP contribution in [0, 0.1) is 0 Å². The molecular formula is C25H23NO7. The van der Waals surface area contributed by atoms with Crippen LogP contribution in [0.5, 0.6) is 5.75 Å². The molecule has 3 aromatic carbocycles. The van der Waals surface area contributed by atoms with Gasteiger partial charge in [-0.1, -0.05) is 72.8 Å². The molecule has 0 spiro atoms. The van der Waals surface area contributed by atoms with E-state index in [1.54, 1.807) is 60.7 Å². The van der Waals surface area contributed by atoms with Crippen molar-refractivity contribution in [2.75, 3.05) is 0 Å². The van der Waals surface area contributed by atoms with E-state index in [0.29, 0.717) is 5.56 Å². The van der Waals surface area contributed by atoms with Crippen LogP contribution in [0.15, 0.2) is 84.9 Å². The number of nitrogens with one attached hydrogen (secondary N) is 1. The fourth-order valence-electron chi connectivity index (χ4n) is 2.92. The summed E-state index contributed by atoms with van der Waals surface area (Å²) in [5.41, 5.74) is 2.03. The van der Waals surface area contributed by atoms with Crippen molar-refractivity contribution < 1.29 is 33.7 Å². The molecule has 8 heteroatoms. The van der Waals surface area contributed by atoms with E-state index < -0.39 is 24.3 Å². The standard InChI is InChI=1S/C25H23NO7/c27-21-13-7-12-20(14-21)15-22(26-24(29)31-16-18-8-3-1-4-9-18)23(28)33-25(30)32-17-19-10-5-2-6-11-19/h1-14,22,27H,15-17H2,(H,26,29)/t22-/m0/s1. The zero-order valence-electron chi connectivity index (χ0n) is 17.7. The van der Waals surface area contributed by atoms with E-state index in [1.165, 1.54) is 12.1 Å². The molecule has 3 rings (SSSR count). The van der Waals surface area contributed by atoms with Gasteiger partial charge in [0.25, 0.3) is 0 Å². The number of phenolic OH excluding ortho intramolecular Hbond substituents is 1. The molecule has 0 heterocycles. The Labute approximate surface area is 190 Å². The molecule has 0 aromatic heterocycles. The maximum Gasteiger partial charge on any atom is 0.516 e. The Balaban J connectivity index is 1.60. The number of ether oxygens (including phenoxy) is 3. The molecule has 8 nitrogen and oxygen atoms in total. The molecule has 0 aliphatic carbocycles. The maximum atomic E-state index is 12.6. The average Bonchev–Trinajstić information content (AvgIpc) is 2.82. The van der Waals surface area contributed by atoms with Crippen LogP contribution < -0.4 is 5.32 Å². The van der Waals surface area contributed by atoms with Crippen molar-refractivity contribution in [3.05, 3.63) is 102 Å². The van der Waals surface area contributed by atoms with E-state index in [1.807, 2.05) is 12.1 Å². The monoisotopic (exact) mass is 449 g/mol. The fraction of sp³-hybridized carbons (Fsp3) is 0.160. The number of alkyl carbamates (subject to hydrolysis) is 1. The van der Waals surface area contributed by atoms with Crippen molar-refractivity contribution in [3.8, 4) is 5.75 Å². The van der Waals surface area contributed by atoms with Gasteiger partial charge in [0.15, 0.2) is 0 Å². The number of aromatic hydroxyl groups is 1. The summed E-state index contributed by atoms with van der Waals surface area (Å²) in [6.45, 7) is -0.0730. The molecule has 0 bridgehead atoms. The van der Waals surface area contributed by atoms with Gasteiger partial charge in [-0.05, 0) is 28.8 Å². The molecular weight excluding hydrogens is 426 g/mol. The van der Waals surface area contributed by atoms with Crippen molar-refractivity contribution in [1.29, 1.82) is 0 Å². The summed E-state index contributed by atoms with van der Waals surface area (Å²) in [4.78, 5) is 36.9. The Morgan fingerprint density at radius 1 is 0.758 bits per heavy atom. The molecule has 0 aliphatic heterocycles. The summed E-state index contributed by atoms with van der Waals surface area (Å²) >= 11 is 0. The largest absolute Gasteiger partial charge is 0.516 e. The molecule has 2 N–H and O–H groups in total. The van der Waals surface area contributed by atoms with Crippen LogP contribution in [0.3, 0.4) is 0 Å². The van der Waals surface area contributed by atoms with Crippen LogP contribution in [0.1, 0.15) is 16.7 Å². The smallest absolute Gasteiger partial charge is 0.508 e. The van der Waals surface area contributed by atoms with E-state index >= 15 is 0 Å². The predicted molar refractivity (Wildman–Crippen MR) is 118 cm³/mol. The molecule has 33 heavy (non-hydrogen) atoms. The highest BCUT2D eigenvalue weighted by atomic mass is 16.7. The van der Waals surface area contributed by atoms with Gasteiger partial charge in [-0.2, -0.15) is 0 Å². The molecule has 0 saturated carbocycles. The zero-order chi connectivity index (χ0) is 23.5. The van der Waals surface area contributed by atoms with Crippen molar-refractivity contribution >= 4 is 18.2 Å². The molecule has 0 aliphatic rings. The highest BCUT2D eigenvalue weighted by molar-refractivity contribution is 5.88. The number of amides is 1. The van der Waals surface area contributed by atoms with E-state index in [-0.39, 0.29) is 25.4 Å². The summed E-state index contributed by atoms with van der Waals surface area (Å²) in [5.74, 6) is -1.03. The van der Waals surface area contributed by atoms with Gasteiger partial charge < -0.3 is 24.6 Å². The highest BCUT2D eigenvalue weighted by Crippen LogP contribution is 2.14. The van der Waals surface area contributed by atoms with Crippen molar-refractivity contribution in [1.82, 2.24) is 5.32 Å². The van der Waals surface area contributed by atoms with Gasteiger partial charge in [-0.3, -0.25) is 0 Å². The first-order valence-corrected chi connectivity index (χ1v) is 10.2. The van der Waals surface area contributed by atoms with Crippen molar-refractivity contribution in [2.45, 2.75) is 25.7 Å². The summed E-state index contributed by atoms with van der Waals surface area (Å²) < 4.78 is 14.9. The minimum atomic E-state index is -1.25. The van der Waals surface area contributed by atoms with Crippen LogP contribution >= 0.6 is 0 Å². The molecule has 3 aromatic rings. The number of rotatable bonds is 8. The Morgan fingerprint density at radius 3 is 1.94 bits per heavy atom. The number of benzene rings is 3. The Hall–Kier alpha value is -4.33. The predicted octanol–water partition coefficient (Wildman–Crippen LogP) is 4.11. The third-order valence-electron chi connectivity index (χ3n) is 4.52. The lowest BCUT2D eigenvalue weighted by Gasteiger charge is -2.17. The first-order chi connectivity index (χ1) is 16.0. The van der Waals surface area contributed by atoms with Crippen LogP contribution in [-0.4, -0.2) is 29.4 Å². The maximum absolute atomic E-state index is 12.6. The summed E-state index contributed by atoms with van der Waals surface area (Å²) in [6, 6.07) is 22.8. The van der Waals surface area contributed by atoms with Gasteiger partial charge in [0, 0.05) is 6.42 Å². The number of phenols is 1. The normalized spacial score (nSPS) is 11.2. The van der Waals surface area contributed by atoms with Crippen molar-refractivity contribution in [3.63, 3.8) is 0 Å². The zero-order valence-corrected chi connectivity index (χ0v) is 17.7. The summed E-state index contributed by atoms with van der Waals surface area (Å²) in [5, 5.41) is 12.1. The molecule has 0 unspecified atom stereocenters. The summed E-state index contributed by atoms with van der Waals surface area (Å²) in [6.07, 6.45) is -2.09. The van der Waals surface area contributed by atoms with Crippen LogP contribution in [0.25, 0.3) is 0 Å². The van der Waals surface area contributed by atoms with Crippen LogP contribution in [0.2, 0.25) is 0 Å². The summed E-state index contributed by atoms with van der Waals surface area (Å²) in [7, 11) is 0. The number of carbonyl (C=O) groups is 3. The third kappa shape index (κ3) is 8.02. The third-order valence-corrected chi connectivity index (χ3v) is 4.52. The first kappa shape index (κ1) is 23.3. The van der Waals surface area contributed by atoms with Gasteiger partial charge >= 0.3 is 18.2 Å². The second kappa shape index (κ2) is 11.9. The first-order valence-electron chi connectivity index (χ1n) is 10.2. The molecule has 0 radical (unpaired) electrons. The Kier molecular flexibility index (Phi) is 8.41. The number of hydrogen-bond donors (Lipinski definition) is 2. The highest BCUT2D eigenvalue weighted by Gasteiger charge is 2.26.